The molecule has 0 unspecified atom stereocenters. The SMILES string of the molecule is Cc1ccccc1NC(=O)COC(=O)[C@H]1[C@H]2C[C@@H]3[C@@H]1C(=O)O[C@@H]3C2. The van der Waals surface area contributed by atoms with Crippen molar-refractivity contribution in [1.29, 1.82) is 0 Å². The van der Waals surface area contributed by atoms with Crippen molar-refractivity contribution in [3.8, 4) is 0 Å². The molecule has 1 saturated heterocycles. The molecule has 2 saturated carbocycles. The number of aryl methyl sites for hydroxylation is 1. The van der Waals surface area contributed by atoms with Crippen molar-refractivity contribution in [3.63, 3.8) is 0 Å². The molecule has 3 fully saturated rings. The van der Waals surface area contributed by atoms with Crippen molar-refractivity contribution in [1.82, 2.24) is 0 Å². The topological polar surface area (TPSA) is 81.7 Å². The number of anilines is 1. The summed E-state index contributed by atoms with van der Waals surface area (Å²) in [5.74, 6) is -1.65. The van der Waals surface area contributed by atoms with E-state index in [0.29, 0.717) is 5.69 Å². The summed E-state index contributed by atoms with van der Waals surface area (Å²) in [4.78, 5) is 36.3. The van der Waals surface area contributed by atoms with Gasteiger partial charge >= 0.3 is 11.9 Å². The van der Waals surface area contributed by atoms with E-state index in [2.05, 4.69) is 5.32 Å². The first-order valence-electron chi connectivity index (χ1n) is 8.27. The number of carbonyl (C=O) groups excluding carboxylic acids is 3. The first-order chi connectivity index (χ1) is 11.5. The molecule has 6 heteroatoms. The number of rotatable bonds is 4. The number of fused-ring (bicyclic) bond motifs is 1. The Kier molecular flexibility index (Phi) is 3.55. The van der Waals surface area contributed by atoms with E-state index in [-0.39, 0.29) is 42.3 Å². The second-order valence-corrected chi connectivity index (χ2v) is 6.89. The lowest BCUT2D eigenvalue weighted by molar-refractivity contribution is -0.157. The molecule has 1 heterocycles. The highest BCUT2D eigenvalue weighted by Crippen LogP contribution is 2.57. The molecule has 1 aromatic rings. The largest absolute Gasteiger partial charge is 0.462 e. The highest BCUT2D eigenvalue weighted by Gasteiger charge is 2.64. The number of benzene rings is 1. The molecule has 1 amide bonds. The maximum absolute atomic E-state index is 12.4. The molecule has 126 valence electrons. The highest BCUT2D eigenvalue weighted by molar-refractivity contribution is 5.94. The first kappa shape index (κ1) is 15.2. The number of hydrogen-bond donors (Lipinski definition) is 1. The van der Waals surface area contributed by atoms with Crippen molar-refractivity contribution < 1.29 is 23.9 Å². The van der Waals surface area contributed by atoms with Crippen LogP contribution >= 0.6 is 0 Å². The minimum absolute atomic E-state index is 0.0131. The number of ether oxygens (including phenoxy) is 2. The van der Waals surface area contributed by atoms with Gasteiger partial charge in [0.2, 0.25) is 0 Å². The second kappa shape index (κ2) is 5.61. The minimum Gasteiger partial charge on any atom is -0.462 e. The summed E-state index contributed by atoms with van der Waals surface area (Å²) in [7, 11) is 0. The summed E-state index contributed by atoms with van der Waals surface area (Å²) < 4.78 is 10.5. The Balaban J connectivity index is 1.35. The lowest BCUT2D eigenvalue weighted by atomic mass is 9.80. The van der Waals surface area contributed by atoms with E-state index in [1.807, 2.05) is 25.1 Å². The molecule has 2 aliphatic carbocycles. The number of esters is 2. The summed E-state index contributed by atoms with van der Waals surface area (Å²) in [5.41, 5.74) is 1.63. The van der Waals surface area contributed by atoms with E-state index >= 15 is 0 Å². The molecule has 1 N–H and O–H groups in total. The van der Waals surface area contributed by atoms with Crippen LogP contribution in [0.3, 0.4) is 0 Å². The van der Waals surface area contributed by atoms with Gasteiger partial charge in [0, 0.05) is 11.6 Å². The maximum Gasteiger partial charge on any atom is 0.310 e. The smallest absolute Gasteiger partial charge is 0.310 e. The van der Waals surface area contributed by atoms with E-state index in [9.17, 15) is 14.4 Å². The fourth-order valence-electron chi connectivity index (χ4n) is 4.46. The van der Waals surface area contributed by atoms with Crippen molar-refractivity contribution in [2.24, 2.45) is 23.7 Å². The zero-order valence-corrected chi connectivity index (χ0v) is 13.4. The Labute approximate surface area is 139 Å². The molecular weight excluding hydrogens is 310 g/mol. The number of nitrogens with one attached hydrogen (secondary N) is 1. The Bertz CT molecular complexity index is 713. The summed E-state index contributed by atoms with van der Waals surface area (Å²) in [5, 5.41) is 2.72. The van der Waals surface area contributed by atoms with E-state index in [4.69, 9.17) is 9.47 Å². The molecule has 6 nitrogen and oxygen atoms in total. The highest BCUT2D eigenvalue weighted by atomic mass is 16.6. The van der Waals surface area contributed by atoms with Crippen molar-refractivity contribution in [2.45, 2.75) is 25.9 Å². The van der Waals surface area contributed by atoms with E-state index in [1.54, 1.807) is 6.07 Å². The summed E-state index contributed by atoms with van der Waals surface area (Å²) in [6.45, 7) is 1.55. The molecule has 4 rings (SSSR count). The fourth-order valence-corrected chi connectivity index (χ4v) is 4.46. The van der Waals surface area contributed by atoms with Crippen molar-refractivity contribution in [2.75, 3.05) is 11.9 Å². The predicted molar refractivity (Wildman–Crippen MR) is 83.8 cm³/mol. The molecule has 1 aromatic carbocycles. The third-order valence-corrected chi connectivity index (χ3v) is 5.52. The van der Waals surface area contributed by atoms with Crippen LogP contribution < -0.4 is 5.32 Å². The number of carbonyl (C=O) groups is 3. The van der Waals surface area contributed by atoms with Gasteiger partial charge in [0.05, 0.1) is 11.8 Å². The van der Waals surface area contributed by atoms with Gasteiger partial charge in [0.1, 0.15) is 6.10 Å². The molecule has 0 aromatic heterocycles. The quantitative estimate of drug-likeness (QED) is 0.850. The van der Waals surface area contributed by atoms with E-state index < -0.39 is 11.9 Å². The van der Waals surface area contributed by atoms with Crippen LogP contribution in [0.2, 0.25) is 0 Å². The van der Waals surface area contributed by atoms with Crippen molar-refractivity contribution >= 4 is 23.5 Å². The zero-order chi connectivity index (χ0) is 16.8. The van der Waals surface area contributed by atoms with Crippen LogP contribution in [0.25, 0.3) is 0 Å². The minimum atomic E-state index is -0.454. The van der Waals surface area contributed by atoms with Gasteiger partial charge in [-0.25, -0.2) is 0 Å². The summed E-state index contributed by atoms with van der Waals surface area (Å²) >= 11 is 0. The molecule has 1 aliphatic heterocycles. The first-order valence-corrected chi connectivity index (χ1v) is 8.27. The Morgan fingerprint density at radius 1 is 1.29 bits per heavy atom. The number of para-hydroxylation sites is 1. The Hall–Kier alpha value is -2.37. The maximum atomic E-state index is 12.4. The average molecular weight is 329 g/mol. The van der Waals surface area contributed by atoms with Crippen LogP contribution in [-0.4, -0.2) is 30.6 Å². The number of amides is 1. The zero-order valence-electron chi connectivity index (χ0n) is 13.4. The van der Waals surface area contributed by atoms with Crippen LogP contribution in [0.4, 0.5) is 5.69 Å². The molecule has 3 aliphatic rings. The van der Waals surface area contributed by atoms with Crippen LogP contribution in [0.5, 0.6) is 0 Å². The van der Waals surface area contributed by atoms with E-state index in [0.717, 1.165) is 18.4 Å². The fraction of sp³-hybridized carbons (Fsp3) is 0.500. The second-order valence-electron chi connectivity index (χ2n) is 6.89. The molecule has 0 radical (unpaired) electrons. The summed E-state index contributed by atoms with van der Waals surface area (Å²) in [6, 6.07) is 7.39. The molecule has 5 atom stereocenters. The van der Waals surface area contributed by atoms with Gasteiger partial charge in [-0.05, 0) is 37.3 Å². The third kappa shape index (κ3) is 2.37. The molecular formula is C18H19NO5. The standard InChI is InChI=1S/C18H19NO5/c1-9-4-2-3-5-12(9)19-14(20)8-23-17(21)15-10-6-11-13(7-10)24-18(22)16(11)15/h2-5,10-11,13,15-16H,6-8H2,1H3,(H,19,20)/t10-,11-,13+,15-,16-/m0/s1. The Morgan fingerprint density at radius 2 is 2.08 bits per heavy atom. The molecule has 24 heavy (non-hydrogen) atoms. The van der Waals surface area contributed by atoms with Gasteiger partial charge < -0.3 is 14.8 Å². The van der Waals surface area contributed by atoms with Crippen molar-refractivity contribution in [3.05, 3.63) is 29.8 Å². The van der Waals surface area contributed by atoms with Gasteiger partial charge in [-0.3, -0.25) is 14.4 Å². The van der Waals surface area contributed by atoms with Gasteiger partial charge in [-0.1, -0.05) is 18.2 Å². The van der Waals surface area contributed by atoms with E-state index in [1.165, 1.54) is 0 Å². The van der Waals surface area contributed by atoms with Gasteiger partial charge in [-0.2, -0.15) is 0 Å². The molecule has 2 bridgehead atoms. The van der Waals surface area contributed by atoms with Gasteiger partial charge in [-0.15, -0.1) is 0 Å². The number of hydrogen-bond acceptors (Lipinski definition) is 5. The van der Waals surface area contributed by atoms with Crippen LogP contribution in [-0.2, 0) is 23.9 Å². The molecule has 0 spiro atoms. The average Bonchev–Trinajstić information content (AvgIpc) is 3.16. The monoisotopic (exact) mass is 329 g/mol. The van der Waals surface area contributed by atoms with Crippen LogP contribution in [0.1, 0.15) is 18.4 Å². The lowest BCUT2D eigenvalue weighted by Crippen LogP contribution is -2.35. The lowest BCUT2D eigenvalue weighted by Gasteiger charge is -2.22. The van der Waals surface area contributed by atoms with Crippen LogP contribution in [0.15, 0.2) is 24.3 Å². The van der Waals surface area contributed by atoms with Crippen LogP contribution in [0, 0.1) is 30.6 Å². The summed E-state index contributed by atoms with van der Waals surface area (Å²) in [6.07, 6.45) is 1.57. The van der Waals surface area contributed by atoms with Gasteiger partial charge in [0.15, 0.2) is 6.61 Å². The predicted octanol–water partition coefficient (Wildman–Crippen LogP) is 1.67. The van der Waals surface area contributed by atoms with Gasteiger partial charge in [0.25, 0.3) is 5.91 Å². The normalized spacial score (nSPS) is 32.5. The Morgan fingerprint density at radius 3 is 2.88 bits per heavy atom. The third-order valence-electron chi connectivity index (χ3n) is 5.52.